The molecule has 3 rings (SSSR count). The molecule has 164 valence electrons. The fourth-order valence-electron chi connectivity index (χ4n) is 3.76. The van der Waals surface area contributed by atoms with E-state index in [1.165, 1.54) is 18.4 Å². The minimum atomic E-state index is -3.69. The van der Waals surface area contributed by atoms with Gasteiger partial charge in [0.05, 0.1) is 18.6 Å². The molecule has 2 aromatic rings. The highest BCUT2D eigenvalue weighted by atomic mass is 32.2. The Balaban J connectivity index is 1.92. The highest BCUT2D eigenvalue weighted by Crippen LogP contribution is 2.31. The standard InChI is InChI=1S/C22H30N2O4S2/c1-22(2,3)16-10-12-18(13-11-16)30(26,27)24(17-8-6-5-7-9-17)14-20-23-19(15-29-20)21(25)28-4/h10-13,15,17H,5-9,14H2,1-4H3. The molecule has 1 aromatic heterocycles. The predicted octanol–water partition coefficient (Wildman–Crippen LogP) is 4.75. The van der Waals surface area contributed by atoms with E-state index >= 15 is 0 Å². The second-order valence-corrected chi connectivity index (χ2v) is 11.6. The van der Waals surface area contributed by atoms with Crippen molar-refractivity contribution in [3.05, 3.63) is 45.9 Å². The van der Waals surface area contributed by atoms with Crippen molar-refractivity contribution in [1.82, 2.24) is 9.29 Å². The molecule has 0 aliphatic heterocycles. The fraction of sp³-hybridized carbons (Fsp3) is 0.545. The molecule has 0 N–H and O–H groups in total. The monoisotopic (exact) mass is 450 g/mol. The lowest BCUT2D eigenvalue weighted by Crippen LogP contribution is -2.40. The van der Waals surface area contributed by atoms with Gasteiger partial charge in [-0.2, -0.15) is 4.31 Å². The van der Waals surface area contributed by atoms with Crippen molar-refractivity contribution in [2.75, 3.05) is 7.11 Å². The zero-order valence-electron chi connectivity index (χ0n) is 18.1. The normalized spacial score (nSPS) is 16.0. The maximum atomic E-state index is 13.6. The summed E-state index contributed by atoms with van der Waals surface area (Å²) in [6, 6.07) is 7.13. The van der Waals surface area contributed by atoms with E-state index in [2.05, 4.69) is 25.8 Å². The van der Waals surface area contributed by atoms with Gasteiger partial charge in [-0.05, 0) is 36.0 Å². The van der Waals surface area contributed by atoms with Crippen LogP contribution in [-0.2, 0) is 26.7 Å². The van der Waals surface area contributed by atoms with Crippen LogP contribution in [0.5, 0.6) is 0 Å². The first kappa shape index (κ1) is 22.9. The van der Waals surface area contributed by atoms with Crippen LogP contribution in [0.3, 0.4) is 0 Å². The summed E-state index contributed by atoms with van der Waals surface area (Å²) in [5.74, 6) is -0.512. The number of methoxy groups -OCH3 is 1. The molecule has 6 nitrogen and oxygen atoms in total. The molecule has 1 aromatic carbocycles. The van der Waals surface area contributed by atoms with Crippen LogP contribution in [0.4, 0.5) is 0 Å². The topological polar surface area (TPSA) is 76.6 Å². The van der Waals surface area contributed by atoms with Crippen LogP contribution in [0, 0.1) is 0 Å². The zero-order chi connectivity index (χ0) is 21.9. The Morgan fingerprint density at radius 2 is 1.80 bits per heavy atom. The van der Waals surface area contributed by atoms with E-state index in [4.69, 9.17) is 4.74 Å². The smallest absolute Gasteiger partial charge is 0.357 e. The Bertz CT molecular complexity index is 969. The lowest BCUT2D eigenvalue weighted by Gasteiger charge is -2.33. The Labute approximate surface area is 183 Å². The van der Waals surface area contributed by atoms with Gasteiger partial charge in [-0.25, -0.2) is 18.2 Å². The predicted molar refractivity (Wildman–Crippen MR) is 118 cm³/mol. The van der Waals surface area contributed by atoms with Crippen LogP contribution in [-0.4, -0.2) is 36.8 Å². The molecular formula is C22H30N2O4S2. The van der Waals surface area contributed by atoms with E-state index in [1.54, 1.807) is 21.8 Å². The molecule has 1 fully saturated rings. The average molecular weight is 451 g/mol. The van der Waals surface area contributed by atoms with Crippen LogP contribution in [0.1, 0.15) is 73.9 Å². The van der Waals surface area contributed by atoms with Crippen molar-refractivity contribution < 1.29 is 17.9 Å². The summed E-state index contributed by atoms with van der Waals surface area (Å²) < 4.78 is 33.5. The molecule has 0 unspecified atom stereocenters. The van der Waals surface area contributed by atoms with Gasteiger partial charge in [-0.1, -0.05) is 52.2 Å². The molecule has 0 atom stereocenters. The number of ether oxygens (including phenoxy) is 1. The van der Waals surface area contributed by atoms with Gasteiger partial charge in [0.15, 0.2) is 5.69 Å². The van der Waals surface area contributed by atoms with E-state index in [-0.39, 0.29) is 23.7 Å². The quantitative estimate of drug-likeness (QED) is 0.594. The minimum absolute atomic E-state index is 0.0451. The molecule has 1 saturated carbocycles. The van der Waals surface area contributed by atoms with Gasteiger partial charge in [0, 0.05) is 11.4 Å². The van der Waals surface area contributed by atoms with Crippen LogP contribution < -0.4 is 0 Å². The fourth-order valence-corrected chi connectivity index (χ4v) is 6.25. The molecule has 8 heteroatoms. The van der Waals surface area contributed by atoms with Crippen molar-refractivity contribution >= 4 is 27.3 Å². The largest absolute Gasteiger partial charge is 0.464 e. The molecule has 0 amide bonds. The number of aromatic nitrogens is 1. The number of benzene rings is 1. The molecule has 1 aliphatic rings. The van der Waals surface area contributed by atoms with E-state index in [0.717, 1.165) is 37.7 Å². The Morgan fingerprint density at radius 1 is 1.17 bits per heavy atom. The summed E-state index contributed by atoms with van der Waals surface area (Å²) in [6.07, 6.45) is 4.85. The number of carbonyl (C=O) groups excluding carboxylic acids is 1. The average Bonchev–Trinajstić information content (AvgIpc) is 3.20. The van der Waals surface area contributed by atoms with Crippen LogP contribution in [0.2, 0.25) is 0 Å². The maximum absolute atomic E-state index is 13.6. The zero-order valence-corrected chi connectivity index (χ0v) is 19.7. The molecular weight excluding hydrogens is 420 g/mol. The number of hydrogen-bond acceptors (Lipinski definition) is 6. The van der Waals surface area contributed by atoms with Gasteiger partial charge in [0.1, 0.15) is 5.01 Å². The first-order chi connectivity index (χ1) is 14.1. The van der Waals surface area contributed by atoms with Gasteiger partial charge in [-0.15, -0.1) is 11.3 Å². The number of nitrogens with zero attached hydrogens (tertiary/aromatic N) is 2. The maximum Gasteiger partial charge on any atom is 0.357 e. The van der Waals surface area contributed by atoms with Crippen LogP contribution in [0.25, 0.3) is 0 Å². The van der Waals surface area contributed by atoms with Crippen LogP contribution in [0.15, 0.2) is 34.5 Å². The Morgan fingerprint density at radius 3 is 2.37 bits per heavy atom. The summed E-state index contributed by atoms with van der Waals surface area (Å²) in [5, 5.41) is 2.21. The first-order valence-electron chi connectivity index (χ1n) is 10.3. The Kier molecular flexibility index (Phi) is 6.99. The van der Waals surface area contributed by atoms with Crippen LogP contribution >= 0.6 is 11.3 Å². The minimum Gasteiger partial charge on any atom is -0.464 e. The van der Waals surface area contributed by atoms with Crippen molar-refractivity contribution in [2.45, 2.75) is 75.8 Å². The molecule has 0 bridgehead atoms. The van der Waals surface area contributed by atoms with Gasteiger partial charge in [-0.3, -0.25) is 0 Å². The van der Waals surface area contributed by atoms with E-state index in [0.29, 0.717) is 9.90 Å². The highest BCUT2D eigenvalue weighted by Gasteiger charge is 2.33. The number of sulfonamides is 1. The van der Waals surface area contributed by atoms with E-state index in [1.807, 2.05) is 12.1 Å². The third kappa shape index (κ3) is 5.10. The molecule has 0 spiro atoms. The molecule has 0 radical (unpaired) electrons. The van der Waals surface area contributed by atoms with Gasteiger partial charge >= 0.3 is 5.97 Å². The van der Waals surface area contributed by atoms with Crippen molar-refractivity contribution in [3.8, 4) is 0 Å². The summed E-state index contributed by atoms with van der Waals surface area (Å²) in [6.45, 7) is 6.47. The van der Waals surface area contributed by atoms with E-state index in [9.17, 15) is 13.2 Å². The van der Waals surface area contributed by atoms with Crippen molar-refractivity contribution in [3.63, 3.8) is 0 Å². The third-order valence-electron chi connectivity index (χ3n) is 5.55. The lowest BCUT2D eigenvalue weighted by molar-refractivity contribution is 0.0594. The second kappa shape index (κ2) is 9.16. The first-order valence-corrected chi connectivity index (χ1v) is 12.6. The number of hydrogen-bond donors (Lipinski definition) is 0. The number of rotatable bonds is 6. The van der Waals surface area contributed by atoms with Gasteiger partial charge < -0.3 is 4.74 Å². The highest BCUT2D eigenvalue weighted by molar-refractivity contribution is 7.89. The van der Waals surface area contributed by atoms with Gasteiger partial charge in [0.25, 0.3) is 0 Å². The SMILES string of the molecule is COC(=O)c1csc(CN(C2CCCCC2)S(=O)(=O)c2ccc(C(C)(C)C)cc2)n1. The second-order valence-electron chi connectivity index (χ2n) is 8.73. The number of esters is 1. The van der Waals surface area contributed by atoms with Gasteiger partial charge in [0.2, 0.25) is 10.0 Å². The molecule has 30 heavy (non-hydrogen) atoms. The Hall–Kier alpha value is -1.77. The summed E-state index contributed by atoms with van der Waals surface area (Å²) >= 11 is 1.28. The third-order valence-corrected chi connectivity index (χ3v) is 8.29. The molecule has 1 heterocycles. The molecule has 0 saturated heterocycles. The number of carbonyl (C=O) groups is 1. The summed E-state index contributed by atoms with van der Waals surface area (Å²) in [5.41, 5.74) is 1.26. The van der Waals surface area contributed by atoms with Crippen molar-refractivity contribution in [2.24, 2.45) is 0 Å². The molecule has 1 aliphatic carbocycles. The lowest BCUT2D eigenvalue weighted by atomic mass is 9.87. The van der Waals surface area contributed by atoms with E-state index < -0.39 is 16.0 Å². The summed E-state index contributed by atoms with van der Waals surface area (Å²) in [7, 11) is -2.39. The summed E-state index contributed by atoms with van der Waals surface area (Å²) in [4.78, 5) is 16.3. The van der Waals surface area contributed by atoms with Crippen molar-refractivity contribution in [1.29, 1.82) is 0 Å². The number of thiazole rings is 1.